The zero-order valence-corrected chi connectivity index (χ0v) is 21.4. The third-order valence-electron chi connectivity index (χ3n) is 6.18. The van der Waals surface area contributed by atoms with Crippen LogP contribution >= 0.6 is 11.3 Å². The Kier molecular flexibility index (Phi) is 9.71. The summed E-state index contributed by atoms with van der Waals surface area (Å²) in [6.07, 6.45) is 7.57. The first kappa shape index (κ1) is 26.9. The zero-order chi connectivity index (χ0) is 26.0. The van der Waals surface area contributed by atoms with Crippen LogP contribution in [-0.2, 0) is 17.9 Å². The molecule has 0 radical (unpaired) electrons. The van der Waals surface area contributed by atoms with Gasteiger partial charge in [0.2, 0.25) is 5.91 Å². The van der Waals surface area contributed by atoms with Crippen LogP contribution < -0.4 is 10.2 Å². The number of carbonyl (C=O) groups is 2. The molecule has 198 valence electrons. The third-order valence-corrected chi connectivity index (χ3v) is 7.20. The molecule has 1 aliphatic heterocycles. The van der Waals surface area contributed by atoms with E-state index in [2.05, 4.69) is 25.1 Å². The predicted octanol–water partition coefficient (Wildman–Crippen LogP) is 1.44. The molecule has 0 aliphatic carbocycles. The number of aliphatic hydroxyl groups excluding tert-OH is 1. The lowest BCUT2D eigenvalue weighted by atomic mass is 10.2. The van der Waals surface area contributed by atoms with E-state index >= 15 is 0 Å². The molecule has 2 N–H and O–H groups in total. The van der Waals surface area contributed by atoms with E-state index in [0.29, 0.717) is 23.1 Å². The predicted molar refractivity (Wildman–Crippen MR) is 139 cm³/mol. The number of nitrogens with zero attached hydrogens (tertiary/aromatic N) is 6. The molecule has 1 fully saturated rings. The number of hydrogen-bond acceptors (Lipinski definition) is 8. The first-order chi connectivity index (χ1) is 18.0. The molecule has 1 aromatic carbocycles. The highest BCUT2D eigenvalue weighted by Gasteiger charge is 2.25. The Labute approximate surface area is 219 Å². The molecule has 0 atom stereocenters. The molecule has 10 nitrogen and oxygen atoms in total. The number of nitrogens with one attached hydrogen (secondary N) is 1. The van der Waals surface area contributed by atoms with Crippen molar-refractivity contribution < 1.29 is 19.1 Å². The number of hydrogen-bond donors (Lipinski definition) is 2. The number of carbonyl (C=O) groups excluding carboxylic acids is 2. The monoisotopic (exact) mass is 529 g/mol. The fourth-order valence-electron chi connectivity index (χ4n) is 4.09. The maximum atomic E-state index is 13.4. The van der Waals surface area contributed by atoms with Gasteiger partial charge in [-0.25, -0.2) is 14.4 Å². The molecule has 4 rings (SSSR count). The van der Waals surface area contributed by atoms with Crippen LogP contribution in [-0.4, -0.2) is 93.7 Å². The smallest absolute Gasteiger partial charge is 0.263 e. The third kappa shape index (κ3) is 7.89. The molecule has 2 amide bonds. The Bertz CT molecular complexity index is 1130. The quantitative estimate of drug-likeness (QED) is 0.342. The highest BCUT2D eigenvalue weighted by Crippen LogP contribution is 2.25. The van der Waals surface area contributed by atoms with E-state index in [0.717, 1.165) is 56.0 Å². The minimum Gasteiger partial charge on any atom is -0.395 e. The summed E-state index contributed by atoms with van der Waals surface area (Å²) in [4.78, 5) is 40.7. The van der Waals surface area contributed by atoms with E-state index in [-0.39, 0.29) is 37.3 Å². The number of aliphatic hydroxyl groups is 1. The minimum atomic E-state index is -0.344. The van der Waals surface area contributed by atoms with Crippen molar-refractivity contribution in [2.75, 3.05) is 57.3 Å². The largest absolute Gasteiger partial charge is 0.395 e. The standard InChI is InChI=1S/C25H32FN7O3S/c26-21-4-2-20(3-5-21)17-33(23(35)18-31-12-10-30(11-13-31)14-15-34)25-29-16-22(37-25)24(36)28-6-1-8-32-9-7-27-19-32/h2-5,7,9,16,19,34H,1,6,8,10-15,17-18H2,(H,28,36). The van der Waals surface area contributed by atoms with Crippen molar-refractivity contribution in [2.45, 2.75) is 19.5 Å². The van der Waals surface area contributed by atoms with Crippen molar-refractivity contribution in [1.29, 1.82) is 0 Å². The van der Waals surface area contributed by atoms with Crippen LogP contribution in [0.1, 0.15) is 21.7 Å². The summed E-state index contributed by atoms with van der Waals surface area (Å²) in [6, 6.07) is 6.02. The molecule has 0 spiro atoms. The average Bonchev–Trinajstić information content (AvgIpc) is 3.60. The number of aryl methyl sites for hydroxylation is 1. The van der Waals surface area contributed by atoms with Gasteiger partial charge in [0, 0.05) is 58.2 Å². The summed E-state index contributed by atoms with van der Waals surface area (Å²) in [6.45, 7) is 5.46. The van der Waals surface area contributed by atoms with Crippen molar-refractivity contribution in [3.8, 4) is 0 Å². The zero-order valence-electron chi connectivity index (χ0n) is 20.6. The summed E-state index contributed by atoms with van der Waals surface area (Å²) in [7, 11) is 0. The van der Waals surface area contributed by atoms with Gasteiger partial charge in [0.1, 0.15) is 10.7 Å². The Hall–Kier alpha value is -3.19. The van der Waals surface area contributed by atoms with Crippen LogP contribution in [0.3, 0.4) is 0 Å². The van der Waals surface area contributed by atoms with Gasteiger partial charge in [0.15, 0.2) is 5.13 Å². The summed E-state index contributed by atoms with van der Waals surface area (Å²) >= 11 is 1.16. The van der Waals surface area contributed by atoms with E-state index in [1.807, 2.05) is 10.8 Å². The fourth-order valence-corrected chi connectivity index (χ4v) is 4.94. The minimum absolute atomic E-state index is 0.120. The van der Waals surface area contributed by atoms with E-state index < -0.39 is 0 Å². The molecular weight excluding hydrogens is 497 g/mol. The van der Waals surface area contributed by atoms with Gasteiger partial charge in [-0.15, -0.1) is 0 Å². The fraction of sp³-hybridized carbons (Fsp3) is 0.440. The highest BCUT2D eigenvalue weighted by molar-refractivity contribution is 7.17. The second-order valence-electron chi connectivity index (χ2n) is 8.86. The van der Waals surface area contributed by atoms with Gasteiger partial charge in [-0.2, -0.15) is 0 Å². The first-order valence-corrected chi connectivity index (χ1v) is 13.1. The van der Waals surface area contributed by atoms with Crippen LogP contribution in [0.2, 0.25) is 0 Å². The average molecular weight is 530 g/mol. The van der Waals surface area contributed by atoms with Crippen molar-refractivity contribution in [2.24, 2.45) is 0 Å². The topological polar surface area (TPSA) is 107 Å². The Morgan fingerprint density at radius 3 is 2.57 bits per heavy atom. The summed E-state index contributed by atoms with van der Waals surface area (Å²) in [5, 5.41) is 12.5. The molecule has 12 heteroatoms. The maximum absolute atomic E-state index is 13.4. The molecule has 37 heavy (non-hydrogen) atoms. The van der Waals surface area contributed by atoms with Gasteiger partial charge in [-0.3, -0.25) is 24.3 Å². The second-order valence-corrected chi connectivity index (χ2v) is 9.87. The lowest BCUT2D eigenvalue weighted by Crippen LogP contribution is -2.50. The molecule has 0 unspecified atom stereocenters. The molecule has 1 saturated heterocycles. The van der Waals surface area contributed by atoms with E-state index in [1.54, 1.807) is 29.6 Å². The maximum Gasteiger partial charge on any atom is 0.263 e. The van der Waals surface area contributed by atoms with Crippen LogP contribution in [0.4, 0.5) is 9.52 Å². The molecule has 0 bridgehead atoms. The Morgan fingerprint density at radius 1 is 1.11 bits per heavy atom. The molecule has 2 aromatic heterocycles. The Balaban J connectivity index is 1.38. The highest BCUT2D eigenvalue weighted by atomic mass is 32.1. The molecule has 1 aliphatic rings. The number of anilines is 1. The number of halogens is 1. The van der Waals surface area contributed by atoms with Gasteiger partial charge < -0.3 is 15.0 Å². The van der Waals surface area contributed by atoms with Gasteiger partial charge in [-0.05, 0) is 24.1 Å². The molecular formula is C25H32FN7O3S. The van der Waals surface area contributed by atoms with Crippen molar-refractivity contribution in [3.63, 3.8) is 0 Å². The van der Waals surface area contributed by atoms with Crippen LogP contribution in [0, 0.1) is 5.82 Å². The summed E-state index contributed by atoms with van der Waals surface area (Å²) < 4.78 is 15.4. The van der Waals surface area contributed by atoms with E-state index in [1.165, 1.54) is 18.3 Å². The van der Waals surface area contributed by atoms with Gasteiger partial charge in [0.05, 0.1) is 32.2 Å². The number of benzene rings is 1. The number of amides is 2. The molecule has 3 heterocycles. The van der Waals surface area contributed by atoms with E-state index in [9.17, 15) is 14.0 Å². The normalized spacial score (nSPS) is 14.5. The first-order valence-electron chi connectivity index (χ1n) is 12.3. The lowest BCUT2D eigenvalue weighted by molar-refractivity contribution is -0.120. The number of β-amino-alcohol motifs (C(OH)–C–C–N with tert-alkyl or cyclic N) is 1. The molecule has 0 saturated carbocycles. The second kappa shape index (κ2) is 13.4. The number of thiazole rings is 1. The lowest BCUT2D eigenvalue weighted by Gasteiger charge is -2.34. The van der Waals surface area contributed by atoms with E-state index in [4.69, 9.17) is 5.11 Å². The summed E-state index contributed by atoms with van der Waals surface area (Å²) in [5.74, 6) is -0.714. The van der Waals surface area contributed by atoms with Crippen LogP contribution in [0.5, 0.6) is 0 Å². The number of piperazine rings is 1. The number of rotatable bonds is 12. The number of aromatic nitrogens is 3. The van der Waals surface area contributed by atoms with Crippen molar-refractivity contribution in [1.82, 2.24) is 29.7 Å². The molecule has 3 aromatic rings. The van der Waals surface area contributed by atoms with Crippen LogP contribution in [0.25, 0.3) is 0 Å². The van der Waals surface area contributed by atoms with Crippen LogP contribution in [0.15, 0.2) is 49.2 Å². The summed E-state index contributed by atoms with van der Waals surface area (Å²) in [5.41, 5.74) is 0.767. The van der Waals surface area contributed by atoms with Gasteiger partial charge in [0.25, 0.3) is 5.91 Å². The van der Waals surface area contributed by atoms with Gasteiger partial charge >= 0.3 is 0 Å². The Morgan fingerprint density at radius 2 is 1.86 bits per heavy atom. The van der Waals surface area contributed by atoms with Gasteiger partial charge in [-0.1, -0.05) is 23.5 Å². The van der Waals surface area contributed by atoms with Crippen molar-refractivity contribution >= 4 is 28.3 Å². The van der Waals surface area contributed by atoms with Crippen molar-refractivity contribution in [3.05, 3.63) is 65.4 Å². The SMILES string of the molecule is O=C(NCCCn1ccnc1)c1cnc(N(Cc2ccc(F)cc2)C(=O)CN2CCN(CCO)CC2)s1. The number of imidazole rings is 1.